The van der Waals surface area contributed by atoms with Crippen molar-refractivity contribution in [2.45, 2.75) is 6.92 Å². The maximum atomic E-state index is 11.2. The molecule has 3 nitrogen and oxygen atoms in total. The lowest BCUT2D eigenvalue weighted by atomic mass is 10.3. The van der Waals surface area contributed by atoms with Crippen LogP contribution in [0.25, 0.3) is 0 Å². The fraction of sp³-hybridized carbons (Fsp3) is 0.222. The molecular formula is C9H9BrCl2N2O. The maximum Gasteiger partial charge on any atom is 0.319 e. The lowest BCUT2D eigenvalue weighted by Gasteiger charge is -2.09. The van der Waals surface area contributed by atoms with Crippen LogP contribution < -0.4 is 10.6 Å². The number of carbonyl (C=O) groups excluding carboxylic acids is 1. The minimum atomic E-state index is -0.308. The summed E-state index contributed by atoms with van der Waals surface area (Å²) in [4.78, 5) is 11.2. The van der Waals surface area contributed by atoms with Gasteiger partial charge in [0.25, 0.3) is 0 Å². The molecule has 15 heavy (non-hydrogen) atoms. The maximum absolute atomic E-state index is 11.2. The van der Waals surface area contributed by atoms with Gasteiger partial charge in [0.1, 0.15) is 0 Å². The zero-order valence-corrected chi connectivity index (χ0v) is 11.0. The summed E-state index contributed by atoms with van der Waals surface area (Å²) >= 11 is 15.1. The van der Waals surface area contributed by atoms with E-state index >= 15 is 0 Å². The van der Waals surface area contributed by atoms with Gasteiger partial charge in [0, 0.05) is 11.0 Å². The van der Waals surface area contributed by atoms with Gasteiger partial charge in [0.2, 0.25) is 0 Å². The van der Waals surface area contributed by atoms with Crippen molar-refractivity contribution in [3.63, 3.8) is 0 Å². The number of hydrogen-bond donors (Lipinski definition) is 2. The highest BCUT2D eigenvalue weighted by molar-refractivity contribution is 9.10. The molecule has 0 aliphatic carbocycles. The van der Waals surface area contributed by atoms with Gasteiger partial charge in [-0.25, -0.2) is 4.79 Å². The van der Waals surface area contributed by atoms with E-state index in [2.05, 4.69) is 26.6 Å². The Balaban J connectivity index is 2.87. The summed E-state index contributed by atoms with van der Waals surface area (Å²) in [5, 5.41) is 5.88. The van der Waals surface area contributed by atoms with Crippen LogP contribution >= 0.6 is 39.1 Å². The van der Waals surface area contributed by atoms with Crippen molar-refractivity contribution in [1.82, 2.24) is 5.32 Å². The molecule has 0 heterocycles. The van der Waals surface area contributed by atoms with Gasteiger partial charge in [-0.2, -0.15) is 0 Å². The quantitative estimate of drug-likeness (QED) is 0.799. The molecule has 2 amide bonds. The van der Waals surface area contributed by atoms with Crippen LogP contribution in [0.1, 0.15) is 6.92 Å². The van der Waals surface area contributed by atoms with E-state index in [1.54, 1.807) is 12.1 Å². The Morgan fingerprint density at radius 2 is 2.07 bits per heavy atom. The molecule has 0 aliphatic heterocycles. The summed E-state index contributed by atoms with van der Waals surface area (Å²) in [5.41, 5.74) is 0.482. The number of urea groups is 1. The molecule has 0 saturated carbocycles. The molecule has 0 unspecified atom stereocenters. The molecule has 0 radical (unpaired) electrons. The molecule has 82 valence electrons. The molecule has 0 aromatic heterocycles. The van der Waals surface area contributed by atoms with Gasteiger partial charge in [0.15, 0.2) is 0 Å². The summed E-state index contributed by atoms with van der Waals surface area (Å²) in [5.74, 6) is 0. The third-order valence-electron chi connectivity index (χ3n) is 1.62. The van der Waals surface area contributed by atoms with Crippen molar-refractivity contribution in [2.75, 3.05) is 11.9 Å². The average molecular weight is 312 g/mol. The van der Waals surface area contributed by atoms with Crippen LogP contribution in [0, 0.1) is 0 Å². The SMILES string of the molecule is CCNC(=O)Nc1ccc(Br)c(Cl)c1Cl. The minimum Gasteiger partial charge on any atom is -0.338 e. The van der Waals surface area contributed by atoms with Gasteiger partial charge in [-0.3, -0.25) is 0 Å². The molecule has 2 N–H and O–H groups in total. The first-order valence-corrected chi connectivity index (χ1v) is 5.79. The van der Waals surface area contributed by atoms with Gasteiger partial charge in [-0.05, 0) is 35.0 Å². The smallest absolute Gasteiger partial charge is 0.319 e. The molecule has 0 atom stereocenters. The molecule has 1 aromatic rings. The van der Waals surface area contributed by atoms with Crippen LogP contribution in [0.2, 0.25) is 10.0 Å². The Bertz CT molecular complexity index is 385. The topological polar surface area (TPSA) is 41.1 Å². The number of halogens is 3. The molecule has 0 fully saturated rings. The van der Waals surface area contributed by atoms with Gasteiger partial charge < -0.3 is 10.6 Å². The molecule has 0 saturated heterocycles. The van der Waals surface area contributed by atoms with Crippen LogP contribution in [0.3, 0.4) is 0 Å². The summed E-state index contributed by atoms with van der Waals surface area (Å²) in [7, 11) is 0. The van der Waals surface area contributed by atoms with E-state index in [1.165, 1.54) is 0 Å². The molecule has 0 aliphatic rings. The third-order valence-corrected chi connectivity index (χ3v) is 3.39. The monoisotopic (exact) mass is 310 g/mol. The minimum absolute atomic E-state index is 0.308. The van der Waals surface area contributed by atoms with Crippen LogP contribution in [0.5, 0.6) is 0 Å². The number of amides is 2. The first kappa shape index (κ1) is 12.6. The zero-order valence-electron chi connectivity index (χ0n) is 7.90. The summed E-state index contributed by atoms with van der Waals surface area (Å²) in [6.07, 6.45) is 0. The van der Waals surface area contributed by atoms with E-state index < -0.39 is 0 Å². The van der Waals surface area contributed by atoms with Gasteiger partial charge in [0.05, 0.1) is 15.7 Å². The summed E-state index contributed by atoms with van der Waals surface area (Å²) in [6, 6.07) is 3.08. The molecule has 0 spiro atoms. The van der Waals surface area contributed by atoms with E-state index in [0.29, 0.717) is 26.8 Å². The van der Waals surface area contributed by atoms with Gasteiger partial charge in [-0.1, -0.05) is 23.2 Å². The predicted octanol–water partition coefficient (Wildman–Crippen LogP) is 3.90. The molecule has 6 heteroatoms. The zero-order chi connectivity index (χ0) is 11.4. The lowest BCUT2D eigenvalue weighted by Crippen LogP contribution is -2.28. The van der Waals surface area contributed by atoms with Crippen molar-refractivity contribution >= 4 is 50.9 Å². The number of hydrogen-bond acceptors (Lipinski definition) is 1. The van der Waals surface area contributed by atoms with Crippen LogP contribution in [0.4, 0.5) is 10.5 Å². The van der Waals surface area contributed by atoms with Crippen molar-refractivity contribution in [2.24, 2.45) is 0 Å². The fourth-order valence-electron chi connectivity index (χ4n) is 0.950. The number of rotatable bonds is 2. The van der Waals surface area contributed by atoms with E-state index in [0.717, 1.165) is 0 Å². The molecule has 1 rings (SSSR count). The first-order valence-electron chi connectivity index (χ1n) is 4.24. The van der Waals surface area contributed by atoms with Gasteiger partial charge in [-0.15, -0.1) is 0 Å². The fourth-order valence-corrected chi connectivity index (χ4v) is 1.77. The van der Waals surface area contributed by atoms with Crippen molar-refractivity contribution < 1.29 is 4.79 Å². The van der Waals surface area contributed by atoms with Crippen molar-refractivity contribution in [3.05, 3.63) is 26.7 Å². The number of nitrogens with one attached hydrogen (secondary N) is 2. The number of anilines is 1. The third kappa shape index (κ3) is 3.26. The second kappa shape index (κ2) is 5.58. The van der Waals surface area contributed by atoms with Crippen LogP contribution in [-0.4, -0.2) is 12.6 Å². The molecular weight excluding hydrogens is 303 g/mol. The lowest BCUT2D eigenvalue weighted by molar-refractivity contribution is 0.252. The first-order chi connectivity index (χ1) is 7.06. The van der Waals surface area contributed by atoms with E-state index in [9.17, 15) is 4.79 Å². The average Bonchev–Trinajstić information content (AvgIpc) is 2.20. The van der Waals surface area contributed by atoms with Crippen LogP contribution in [0.15, 0.2) is 16.6 Å². The Morgan fingerprint density at radius 3 is 2.67 bits per heavy atom. The molecule has 0 bridgehead atoms. The normalized spacial score (nSPS) is 9.87. The van der Waals surface area contributed by atoms with E-state index in [-0.39, 0.29) is 6.03 Å². The predicted molar refractivity (Wildman–Crippen MR) is 66.9 cm³/mol. The summed E-state index contributed by atoms with van der Waals surface area (Å²) in [6.45, 7) is 2.38. The Hall–Kier alpha value is -0.450. The van der Waals surface area contributed by atoms with E-state index in [1.807, 2.05) is 6.92 Å². The largest absolute Gasteiger partial charge is 0.338 e. The second-order valence-corrected chi connectivity index (χ2v) is 4.32. The van der Waals surface area contributed by atoms with Gasteiger partial charge >= 0.3 is 6.03 Å². The molecule has 1 aromatic carbocycles. The number of carbonyl (C=O) groups is 1. The Labute approximate surface area is 106 Å². The Kier molecular flexibility index (Phi) is 4.70. The van der Waals surface area contributed by atoms with Crippen LogP contribution in [-0.2, 0) is 0 Å². The number of benzene rings is 1. The Morgan fingerprint density at radius 1 is 1.40 bits per heavy atom. The highest BCUT2D eigenvalue weighted by Gasteiger charge is 2.10. The standard InChI is InChI=1S/C9H9BrCl2N2O/c1-2-13-9(15)14-6-4-3-5(10)7(11)8(6)12/h3-4H,2H2,1H3,(H2,13,14,15). The highest BCUT2D eigenvalue weighted by Crippen LogP contribution is 2.35. The van der Waals surface area contributed by atoms with Crippen molar-refractivity contribution in [3.8, 4) is 0 Å². The summed E-state index contributed by atoms with van der Waals surface area (Å²) < 4.78 is 0.690. The van der Waals surface area contributed by atoms with E-state index in [4.69, 9.17) is 23.2 Å². The highest BCUT2D eigenvalue weighted by atomic mass is 79.9. The van der Waals surface area contributed by atoms with Crippen molar-refractivity contribution in [1.29, 1.82) is 0 Å². The second-order valence-electron chi connectivity index (χ2n) is 2.71.